The highest BCUT2D eigenvalue weighted by molar-refractivity contribution is 7.96. The van der Waals surface area contributed by atoms with E-state index >= 15 is 0 Å². The molecular formula is C15H16N2S. The van der Waals surface area contributed by atoms with Gasteiger partial charge in [0, 0.05) is 25.5 Å². The number of nitrogens with zero attached hydrogens (tertiary/aromatic N) is 2. The number of rotatable bonds is 2. The molecule has 0 aliphatic carbocycles. The van der Waals surface area contributed by atoms with Crippen LogP contribution in [0.4, 0.5) is 0 Å². The van der Waals surface area contributed by atoms with Crippen LogP contribution >= 0.6 is 11.9 Å². The fourth-order valence-corrected chi connectivity index (χ4v) is 2.94. The third-order valence-electron chi connectivity index (χ3n) is 3.44. The van der Waals surface area contributed by atoms with E-state index in [1.165, 1.54) is 22.3 Å². The molecule has 2 aromatic rings. The third kappa shape index (κ3) is 2.28. The standard InChI is InChI=1S/C15H16N2S/c1-18-17-8-6-13-9-12(4-5-15(13)11-17)14-3-2-7-16-10-14/h2-5,7,9-10H,6,8,11H2,1H3. The average molecular weight is 256 g/mol. The van der Waals surface area contributed by atoms with Gasteiger partial charge in [-0.15, -0.1) is 0 Å². The Kier molecular flexibility index (Phi) is 3.35. The first kappa shape index (κ1) is 11.8. The lowest BCUT2D eigenvalue weighted by Gasteiger charge is -2.26. The van der Waals surface area contributed by atoms with E-state index in [-0.39, 0.29) is 0 Å². The van der Waals surface area contributed by atoms with Gasteiger partial charge in [0.15, 0.2) is 0 Å². The highest BCUT2D eigenvalue weighted by Gasteiger charge is 2.15. The van der Waals surface area contributed by atoms with Crippen LogP contribution in [0.1, 0.15) is 11.1 Å². The molecular weight excluding hydrogens is 240 g/mol. The summed E-state index contributed by atoms with van der Waals surface area (Å²) in [5.74, 6) is 0. The number of benzene rings is 1. The largest absolute Gasteiger partial charge is 0.264 e. The number of fused-ring (bicyclic) bond motifs is 1. The Balaban J connectivity index is 1.93. The summed E-state index contributed by atoms with van der Waals surface area (Å²) in [5, 5.41) is 0. The highest BCUT2D eigenvalue weighted by Crippen LogP contribution is 2.27. The zero-order valence-electron chi connectivity index (χ0n) is 10.5. The molecule has 3 heteroatoms. The summed E-state index contributed by atoms with van der Waals surface area (Å²) in [6.07, 6.45) is 7.04. The van der Waals surface area contributed by atoms with E-state index in [1.54, 1.807) is 0 Å². The van der Waals surface area contributed by atoms with E-state index in [9.17, 15) is 0 Å². The topological polar surface area (TPSA) is 16.1 Å². The molecule has 2 heterocycles. The maximum atomic E-state index is 4.19. The van der Waals surface area contributed by atoms with Gasteiger partial charge in [0.25, 0.3) is 0 Å². The summed E-state index contributed by atoms with van der Waals surface area (Å²) in [7, 11) is 0. The van der Waals surface area contributed by atoms with E-state index in [4.69, 9.17) is 0 Å². The van der Waals surface area contributed by atoms with Crippen molar-refractivity contribution in [3.05, 3.63) is 53.9 Å². The first-order valence-electron chi connectivity index (χ1n) is 6.18. The molecule has 0 spiro atoms. The van der Waals surface area contributed by atoms with Crippen LogP contribution < -0.4 is 0 Å². The number of pyridine rings is 1. The molecule has 92 valence electrons. The SMILES string of the molecule is CSN1CCc2cc(-c3cccnc3)ccc2C1. The molecule has 0 radical (unpaired) electrons. The molecule has 0 N–H and O–H groups in total. The molecule has 2 nitrogen and oxygen atoms in total. The van der Waals surface area contributed by atoms with E-state index in [1.807, 2.05) is 30.4 Å². The van der Waals surface area contributed by atoms with Gasteiger partial charge in [-0.25, -0.2) is 4.31 Å². The summed E-state index contributed by atoms with van der Waals surface area (Å²) in [5.41, 5.74) is 5.43. The van der Waals surface area contributed by atoms with Gasteiger partial charge in [0.05, 0.1) is 0 Å². The van der Waals surface area contributed by atoms with Crippen LogP contribution in [0.5, 0.6) is 0 Å². The quantitative estimate of drug-likeness (QED) is 0.766. The summed E-state index contributed by atoms with van der Waals surface area (Å²) in [6.45, 7) is 2.20. The Bertz CT molecular complexity index is 539. The number of aromatic nitrogens is 1. The second-order valence-corrected chi connectivity index (χ2v) is 5.40. The highest BCUT2D eigenvalue weighted by atomic mass is 32.2. The minimum atomic E-state index is 1.06. The van der Waals surface area contributed by atoms with E-state index < -0.39 is 0 Å². The number of hydrogen-bond donors (Lipinski definition) is 0. The van der Waals surface area contributed by atoms with Crippen LogP contribution in [0.25, 0.3) is 11.1 Å². The zero-order chi connectivity index (χ0) is 12.4. The van der Waals surface area contributed by atoms with Crippen LogP contribution in [-0.2, 0) is 13.0 Å². The van der Waals surface area contributed by atoms with Crippen molar-refractivity contribution in [3.8, 4) is 11.1 Å². The molecule has 1 aromatic heterocycles. The minimum Gasteiger partial charge on any atom is -0.264 e. The molecule has 1 aromatic carbocycles. The summed E-state index contributed by atoms with van der Waals surface area (Å²) in [4.78, 5) is 4.19. The van der Waals surface area contributed by atoms with Crippen molar-refractivity contribution >= 4 is 11.9 Å². The van der Waals surface area contributed by atoms with Gasteiger partial charge in [-0.1, -0.05) is 36.2 Å². The molecule has 0 fully saturated rings. The van der Waals surface area contributed by atoms with Crippen molar-refractivity contribution < 1.29 is 0 Å². The van der Waals surface area contributed by atoms with Crippen LogP contribution in [-0.4, -0.2) is 22.1 Å². The van der Waals surface area contributed by atoms with Gasteiger partial charge in [-0.3, -0.25) is 4.98 Å². The van der Waals surface area contributed by atoms with Crippen LogP contribution in [0, 0.1) is 0 Å². The third-order valence-corrected chi connectivity index (χ3v) is 4.26. The predicted octanol–water partition coefficient (Wildman–Crippen LogP) is 3.38. The molecule has 0 unspecified atom stereocenters. The van der Waals surface area contributed by atoms with Crippen molar-refractivity contribution in [2.24, 2.45) is 0 Å². The van der Waals surface area contributed by atoms with E-state index in [0.29, 0.717) is 0 Å². The smallest absolute Gasteiger partial charge is 0.0346 e. The molecule has 3 rings (SSSR count). The van der Waals surface area contributed by atoms with Gasteiger partial charge in [-0.05, 0) is 41.0 Å². The fraction of sp³-hybridized carbons (Fsp3) is 0.267. The van der Waals surface area contributed by atoms with Gasteiger partial charge in [-0.2, -0.15) is 0 Å². The molecule has 18 heavy (non-hydrogen) atoms. The molecule has 0 bridgehead atoms. The van der Waals surface area contributed by atoms with Crippen LogP contribution in [0.15, 0.2) is 42.7 Å². The average Bonchev–Trinajstić information content (AvgIpc) is 2.47. The second-order valence-electron chi connectivity index (χ2n) is 4.52. The van der Waals surface area contributed by atoms with Gasteiger partial charge in [0.1, 0.15) is 0 Å². The monoisotopic (exact) mass is 256 g/mol. The molecule has 1 aliphatic heterocycles. The molecule has 0 saturated heterocycles. The van der Waals surface area contributed by atoms with Crippen LogP contribution in [0.2, 0.25) is 0 Å². The van der Waals surface area contributed by atoms with E-state index in [0.717, 1.165) is 19.5 Å². The van der Waals surface area contributed by atoms with Crippen LogP contribution in [0.3, 0.4) is 0 Å². The Morgan fingerprint density at radius 3 is 2.89 bits per heavy atom. The Morgan fingerprint density at radius 1 is 1.17 bits per heavy atom. The molecule has 0 atom stereocenters. The fourth-order valence-electron chi connectivity index (χ4n) is 2.40. The van der Waals surface area contributed by atoms with E-state index in [2.05, 4.69) is 39.8 Å². The van der Waals surface area contributed by atoms with Gasteiger partial charge in [0.2, 0.25) is 0 Å². The lowest BCUT2D eigenvalue weighted by atomic mass is 9.96. The van der Waals surface area contributed by atoms with Crippen molar-refractivity contribution in [1.29, 1.82) is 0 Å². The lowest BCUT2D eigenvalue weighted by molar-refractivity contribution is 0.446. The lowest BCUT2D eigenvalue weighted by Crippen LogP contribution is -2.24. The minimum absolute atomic E-state index is 1.06. The first-order valence-corrected chi connectivity index (χ1v) is 7.36. The molecule has 1 aliphatic rings. The van der Waals surface area contributed by atoms with Gasteiger partial charge < -0.3 is 0 Å². The Hall–Kier alpha value is -1.32. The Labute approximate surface area is 112 Å². The summed E-state index contributed by atoms with van der Waals surface area (Å²) >= 11 is 1.83. The number of hydrogen-bond acceptors (Lipinski definition) is 3. The van der Waals surface area contributed by atoms with Gasteiger partial charge >= 0.3 is 0 Å². The summed E-state index contributed by atoms with van der Waals surface area (Å²) in [6, 6.07) is 10.9. The van der Waals surface area contributed by atoms with Crippen molar-refractivity contribution in [2.45, 2.75) is 13.0 Å². The van der Waals surface area contributed by atoms with Crippen molar-refractivity contribution in [3.63, 3.8) is 0 Å². The summed E-state index contributed by atoms with van der Waals surface area (Å²) < 4.78 is 2.41. The second kappa shape index (κ2) is 5.12. The Morgan fingerprint density at radius 2 is 2.11 bits per heavy atom. The first-order chi connectivity index (χ1) is 8.86. The normalized spacial score (nSPS) is 15.4. The maximum absolute atomic E-state index is 4.19. The maximum Gasteiger partial charge on any atom is 0.0346 e. The predicted molar refractivity (Wildman–Crippen MR) is 77.3 cm³/mol. The van der Waals surface area contributed by atoms with Crippen molar-refractivity contribution in [2.75, 3.05) is 12.8 Å². The molecule has 0 saturated carbocycles. The molecule has 0 amide bonds. The zero-order valence-corrected chi connectivity index (χ0v) is 11.3. The van der Waals surface area contributed by atoms with Crippen molar-refractivity contribution in [1.82, 2.24) is 9.29 Å².